The molecule has 0 unspecified atom stereocenters. The van der Waals surface area contributed by atoms with Gasteiger partial charge in [0.05, 0.1) is 37.6 Å². The van der Waals surface area contributed by atoms with E-state index in [4.69, 9.17) is 18.1 Å². The van der Waals surface area contributed by atoms with Gasteiger partial charge in [-0.25, -0.2) is 9.18 Å². The van der Waals surface area contributed by atoms with E-state index >= 15 is 4.39 Å². The average molecular weight is 646 g/mol. The maximum atomic E-state index is 15.4. The molecule has 1 saturated carbocycles. The van der Waals surface area contributed by atoms with Crippen molar-refractivity contribution in [2.24, 2.45) is 0 Å². The Bertz CT molecular complexity index is 1410. The number of nitrogens with zero attached hydrogens (tertiary/aromatic N) is 3. The van der Waals surface area contributed by atoms with Crippen molar-refractivity contribution in [3.63, 3.8) is 0 Å². The number of aromatic nitrogens is 1. The van der Waals surface area contributed by atoms with Crippen LogP contribution in [0.2, 0.25) is 0 Å². The number of carboxylic acids is 1. The Morgan fingerprint density at radius 1 is 0.953 bits per heavy atom. The molecule has 0 amide bonds. The smallest absolute Gasteiger partial charge is 0.345 e. The summed E-state index contributed by atoms with van der Waals surface area (Å²) in [5, 5.41) is 8.45. The van der Waals surface area contributed by atoms with Crippen molar-refractivity contribution in [1.82, 2.24) is 9.47 Å². The molecule has 1 aromatic carbocycles. The minimum Gasteiger partial charge on any atom is -0.477 e. The number of benzene rings is 1. The third-order valence-corrected chi connectivity index (χ3v) is 13.8. The average Bonchev–Trinajstić information content (AvgIpc) is 3.80. The maximum Gasteiger partial charge on any atom is 0.345 e. The zero-order valence-electron chi connectivity index (χ0n) is 25.2. The summed E-state index contributed by atoms with van der Waals surface area (Å²) in [6.45, 7) is 9.61. The number of piperazine rings is 1. The van der Waals surface area contributed by atoms with Crippen LogP contribution in [0.1, 0.15) is 63.4 Å². The number of aromatic carboxylic acids is 1. The molecule has 1 aromatic heterocycles. The number of hydrogen-bond donors (Lipinski definition) is 1. The van der Waals surface area contributed by atoms with Gasteiger partial charge >= 0.3 is 21.2 Å². The first-order valence-electron chi connectivity index (χ1n) is 14.9. The summed E-state index contributed by atoms with van der Waals surface area (Å²) in [4.78, 5) is 28.5. The lowest BCUT2D eigenvalue weighted by Crippen LogP contribution is -2.47. The summed E-state index contributed by atoms with van der Waals surface area (Å²) in [5.74, 6) is -1.92. The van der Waals surface area contributed by atoms with Gasteiger partial charge in [0.1, 0.15) is 11.4 Å². The Kier molecular flexibility index (Phi) is 11.3. The standard InChI is InChI=1S/C28H42FN3O9P2/c1-5-38-42(36,39-6-2)26(43(37,40-7-3)41-8-4)11-12-30-13-15-31(16-14-30)25-18-24-21(17-23(25)29)27(33)22(28(34)35)19-32(24)20-9-10-20/h17-20,26H,5-16H2,1-4H3,(H,34,35). The van der Waals surface area contributed by atoms with Gasteiger partial charge in [0, 0.05) is 43.8 Å². The van der Waals surface area contributed by atoms with Gasteiger partial charge in [0.15, 0.2) is 5.40 Å². The van der Waals surface area contributed by atoms with Crippen molar-refractivity contribution in [3.8, 4) is 0 Å². The summed E-state index contributed by atoms with van der Waals surface area (Å²) < 4.78 is 67.1. The SMILES string of the molecule is CCOP(=O)(OCC)C(CCN1CCN(c2cc3c(cc2F)c(=O)c(C(=O)O)cn3C2CC2)CC1)P(=O)(OCC)OCC. The molecule has 0 bridgehead atoms. The lowest BCUT2D eigenvalue weighted by atomic mass is 10.1. The lowest BCUT2D eigenvalue weighted by molar-refractivity contribution is 0.0694. The molecule has 4 rings (SSSR count). The van der Waals surface area contributed by atoms with E-state index in [0.29, 0.717) is 43.9 Å². The van der Waals surface area contributed by atoms with Gasteiger partial charge in [-0.3, -0.25) is 18.8 Å². The van der Waals surface area contributed by atoms with E-state index in [1.54, 1.807) is 38.3 Å². The minimum absolute atomic E-state index is 0.0544. The number of anilines is 1. The van der Waals surface area contributed by atoms with Crippen LogP contribution in [-0.4, -0.2) is 85.1 Å². The number of halogens is 1. The number of pyridine rings is 1. The maximum absolute atomic E-state index is 15.4. The quantitative estimate of drug-likeness (QED) is 0.230. The molecule has 0 radical (unpaired) electrons. The van der Waals surface area contributed by atoms with Crippen LogP contribution in [0.4, 0.5) is 10.1 Å². The van der Waals surface area contributed by atoms with E-state index in [2.05, 4.69) is 4.90 Å². The third-order valence-electron chi connectivity index (χ3n) is 7.65. The molecular weight excluding hydrogens is 603 g/mol. The molecule has 2 heterocycles. The normalized spacial score (nSPS) is 16.8. The molecule has 1 N–H and O–H groups in total. The molecule has 1 aliphatic carbocycles. The Morgan fingerprint density at radius 2 is 1.49 bits per heavy atom. The molecule has 12 nitrogen and oxygen atoms in total. The first-order valence-corrected chi connectivity index (χ1v) is 18.1. The van der Waals surface area contributed by atoms with Crippen molar-refractivity contribution >= 4 is 37.8 Å². The van der Waals surface area contributed by atoms with Crippen LogP contribution in [0.25, 0.3) is 10.9 Å². The van der Waals surface area contributed by atoms with E-state index in [-0.39, 0.29) is 49.8 Å². The van der Waals surface area contributed by atoms with Gasteiger partial charge in [-0.05, 0) is 65.6 Å². The van der Waals surface area contributed by atoms with Crippen molar-refractivity contribution < 1.29 is 41.5 Å². The highest BCUT2D eigenvalue weighted by Crippen LogP contribution is 2.71. The number of carboxylic acid groups (broad SMARTS) is 1. The summed E-state index contributed by atoms with van der Waals surface area (Å²) in [6, 6.07) is 2.87. The number of rotatable bonds is 16. The van der Waals surface area contributed by atoms with Crippen LogP contribution in [0.5, 0.6) is 0 Å². The highest BCUT2D eigenvalue weighted by atomic mass is 31.2. The second-order valence-corrected chi connectivity index (χ2v) is 15.3. The number of carbonyl (C=O) groups is 1. The van der Waals surface area contributed by atoms with Gasteiger partial charge in [0.2, 0.25) is 5.43 Å². The van der Waals surface area contributed by atoms with Crippen LogP contribution in [-0.2, 0) is 27.2 Å². The Hall–Kier alpha value is -2.11. The number of fused-ring (bicyclic) bond motifs is 1. The first kappa shape index (κ1) is 33.8. The zero-order chi connectivity index (χ0) is 31.4. The van der Waals surface area contributed by atoms with E-state index in [1.165, 1.54) is 6.20 Å². The molecule has 1 saturated heterocycles. The molecular formula is C28H42FN3O9P2. The van der Waals surface area contributed by atoms with E-state index < -0.39 is 37.8 Å². The summed E-state index contributed by atoms with van der Waals surface area (Å²) in [5.41, 5.74) is -0.201. The molecule has 240 valence electrons. The van der Waals surface area contributed by atoms with Crippen LogP contribution >= 0.6 is 15.2 Å². The predicted octanol–water partition coefficient (Wildman–Crippen LogP) is 5.54. The van der Waals surface area contributed by atoms with Gasteiger partial charge in [0.25, 0.3) is 0 Å². The van der Waals surface area contributed by atoms with E-state index in [1.807, 2.05) is 4.90 Å². The van der Waals surface area contributed by atoms with Crippen LogP contribution in [0, 0.1) is 5.82 Å². The Morgan fingerprint density at radius 3 is 1.95 bits per heavy atom. The fourth-order valence-corrected chi connectivity index (χ4v) is 10.9. The minimum atomic E-state index is -3.85. The summed E-state index contributed by atoms with van der Waals surface area (Å²) in [7, 11) is -7.71. The highest BCUT2D eigenvalue weighted by molar-refractivity contribution is 7.72. The molecule has 1 aliphatic heterocycles. The van der Waals surface area contributed by atoms with Gasteiger partial charge in [-0.2, -0.15) is 0 Å². The van der Waals surface area contributed by atoms with Gasteiger partial charge < -0.3 is 32.7 Å². The fraction of sp³-hybridized carbons (Fsp3) is 0.643. The third kappa shape index (κ3) is 7.41. The second-order valence-electron chi connectivity index (χ2n) is 10.5. The zero-order valence-corrected chi connectivity index (χ0v) is 27.0. The summed E-state index contributed by atoms with van der Waals surface area (Å²) >= 11 is 0. The molecule has 2 aromatic rings. The van der Waals surface area contributed by atoms with Crippen LogP contribution in [0.15, 0.2) is 23.1 Å². The van der Waals surface area contributed by atoms with Crippen molar-refractivity contribution in [3.05, 3.63) is 39.9 Å². The molecule has 2 aliphatic rings. The summed E-state index contributed by atoms with van der Waals surface area (Å²) in [6.07, 6.45) is 3.27. The highest BCUT2D eigenvalue weighted by Gasteiger charge is 2.50. The molecule has 0 atom stereocenters. The second kappa shape index (κ2) is 14.3. The molecule has 15 heteroatoms. The van der Waals surface area contributed by atoms with Crippen molar-refractivity contribution in [2.45, 2.75) is 58.4 Å². The van der Waals surface area contributed by atoms with Gasteiger partial charge in [-0.15, -0.1) is 0 Å². The predicted molar refractivity (Wildman–Crippen MR) is 162 cm³/mol. The van der Waals surface area contributed by atoms with Crippen molar-refractivity contribution in [2.75, 3.05) is 64.1 Å². The van der Waals surface area contributed by atoms with Crippen LogP contribution in [0.3, 0.4) is 0 Å². The first-order chi connectivity index (χ1) is 20.5. The largest absolute Gasteiger partial charge is 0.477 e. The monoisotopic (exact) mass is 645 g/mol. The topological polar surface area (TPSA) is 137 Å². The van der Waals surface area contributed by atoms with Crippen molar-refractivity contribution in [1.29, 1.82) is 0 Å². The lowest BCUT2D eigenvalue weighted by Gasteiger charge is -2.38. The van der Waals surface area contributed by atoms with Gasteiger partial charge in [-0.1, -0.05) is 0 Å². The fourth-order valence-electron chi connectivity index (χ4n) is 5.55. The molecule has 0 spiro atoms. The Balaban J connectivity index is 1.53. The Labute approximate surface area is 251 Å². The number of hydrogen-bond acceptors (Lipinski definition) is 10. The van der Waals surface area contributed by atoms with E-state index in [0.717, 1.165) is 18.9 Å². The molecule has 2 fully saturated rings. The molecule has 43 heavy (non-hydrogen) atoms. The van der Waals surface area contributed by atoms with Crippen LogP contribution < -0.4 is 10.3 Å². The van der Waals surface area contributed by atoms with E-state index in [9.17, 15) is 23.8 Å².